The topological polar surface area (TPSA) is 91.8 Å². The standard InChI is InChI=1S/C18H20BrF2N3O2.C7H15NO2.C2H2/c1-11(2)24-17(25)15(19)16(22-18(24)23-7-3-4-8-23)26-10-12-5-6-13(20)9-14(12)21;8-4-6-10-7-3-1-2-5-9-7;1-2/h5-6,9,11H,3-4,7-8,10H2,1-2H3;7H,1-6,8H2;1-2H. The van der Waals surface area contributed by atoms with Gasteiger partial charge in [-0.3, -0.25) is 9.36 Å². The Morgan fingerprint density at radius 2 is 1.92 bits per heavy atom. The van der Waals surface area contributed by atoms with Gasteiger partial charge in [0.25, 0.3) is 5.56 Å². The summed E-state index contributed by atoms with van der Waals surface area (Å²) in [6.45, 7) is 7.38. The maximum Gasteiger partial charge on any atom is 0.273 e. The smallest absolute Gasteiger partial charge is 0.273 e. The molecule has 0 aliphatic carbocycles. The van der Waals surface area contributed by atoms with Crippen LogP contribution in [0, 0.1) is 24.5 Å². The van der Waals surface area contributed by atoms with Gasteiger partial charge in [-0.15, -0.1) is 12.8 Å². The number of hydrogen-bond donors (Lipinski definition) is 1. The van der Waals surface area contributed by atoms with Crippen molar-refractivity contribution in [3.63, 3.8) is 0 Å². The van der Waals surface area contributed by atoms with E-state index < -0.39 is 11.6 Å². The quantitative estimate of drug-likeness (QED) is 0.437. The summed E-state index contributed by atoms with van der Waals surface area (Å²) in [6.07, 6.45) is 13.5. The van der Waals surface area contributed by atoms with Gasteiger partial charge in [0.15, 0.2) is 6.29 Å². The highest BCUT2D eigenvalue weighted by molar-refractivity contribution is 9.10. The van der Waals surface area contributed by atoms with E-state index in [4.69, 9.17) is 19.9 Å². The molecular formula is C27H37BrF2N4O4. The van der Waals surface area contributed by atoms with Crippen molar-refractivity contribution in [2.45, 2.75) is 64.9 Å². The first-order valence-electron chi connectivity index (χ1n) is 12.7. The van der Waals surface area contributed by atoms with Crippen LogP contribution in [0.1, 0.15) is 57.6 Å². The molecule has 0 saturated carbocycles. The largest absolute Gasteiger partial charge is 0.472 e. The van der Waals surface area contributed by atoms with E-state index in [0.717, 1.165) is 51.1 Å². The summed E-state index contributed by atoms with van der Waals surface area (Å²) in [5.41, 5.74) is 5.21. The first-order valence-corrected chi connectivity index (χ1v) is 13.5. The third-order valence-corrected chi connectivity index (χ3v) is 6.53. The molecule has 1 unspecified atom stereocenters. The monoisotopic (exact) mass is 598 g/mol. The molecular weight excluding hydrogens is 562 g/mol. The zero-order valence-electron chi connectivity index (χ0n) is 22.0. The number of terminal acetylenes is 1. The molecule has 2 N–H and O–H groups in total. The molecule has 2 aromatic rings. The Morgan fingerprint density at radius 3 is 2.50 bits per heavy atom. The lowest BCUT2D eigenvalue weighted by Crippen LogP contribution is -2.33. The Kier molecular flexibility index (Phi) is 13.7. The molecule has 1 aromatic carbocycles. The summed E-state index contributed by atoms with van der Waals surface area (Å²) in [6, 6.07) is 3.21. The fourth-order valence-electron chi connectivity index (χ4n) is 4.01. The van der Waals surface area contributed by atoms with Gasteiger partial charge in [0.1, 0.15) is 22.7 Å². The van der Waals surface area contributed by atoms with Crippen LogP contribution >= 0.6 is 15.9 Å². The number of nitrogens with two attached hydrogens (primary N) is 1. The molecule has 38 heavy (non-hydrogen) atoms. The van der Waals surface area contributed by atoms with Crippen molar-refractivity contribution < 1.29 is 23.0 Å². The molecule has 2 aliphatic rings. The molecule has 2 aliphatic heterocycles. The van der Waals surface area contributed by atoms with Gasteiger partial charge in [0.05, 0.1) is 6.61 Å². The van der Waals surface area contributed by atoms with Crippen LogP contribution in [0.25, 0.3) is 0 Å². The van der Waals surface area contributed by atoms with Gasteiger partial charge in [-0.2, -0.15) is 4.98 Å². The number of rotatable bonds is 8. The van der Waals surface area contributed by atoms with Crippen molar-refractivity contribution in [1.29, 1.82) is 0 Å². The van der Waals surface area contributed by atoms with Gasteiger partial charge in [0, 0.05) is 43.9 Å². The number of aromatic nitrogens is 2. The average Bonchev–Trinajstić information content (AvgIpc) is 3.46. The van der Waals surface area contributed by atoms with Crippen LogP contribution < -0.4 is 20.9 Å². The van der Waals surface area contributed by atoms with E-state index in [0.29, 0.717) is 19.1 Å². The van der Waals surface area contributed by atoms with Crippen LogP contribution in [0.15, 0.2) is 27.5 Å². The second-order valence-corrected chi connectivity index (χ2v) is 9.77. The molecule has 4 rings (SSSR count). The van der Waals surface area contributed by atoms with Crippen molar-refractivity contribution >= 4 is 21.9 Å². The van der Waals surface area contributed by atoms with Crippen LogP contribution in [-0.4, -0.2) is 48.7 Å². The van der Waals surface area contributed by atoms with Crippen LogP contribution in [0.4, 0.5) is 14.7 Å². The molecule has 2 saturated heterocycles. The van der Waals surface area contributed by atoms with Crippen LogP contribution in [0.3, 0.4) is 0 Å². The highest BCUT2D eigenvalue weighted by atomic mass is 79.9. The fourth-order valence-corrected chi connectivity index (χ4v) is 4.40. The molecule has 0 amide bonds. The van der Waals surface area contributed by atoms with Crippen molar-refractivity contribution in [3.05, 3.63) is 50.2 Å². The van der Waals surface area contributed by atoms with E-state index >= 15 is 0 Å². The Balaban J connectivity index is 0.000000353. The van der Waals surface area contributed by atoms with Gasteiger partial charge in [-0.1, -0.05) is 0 Å². The van der Waals surface area contributed by atoms with Crippen LogP contribution in [0.5, 0.6) is 5.88 Å². The third-order valence-electron chi connectivity index (χ3n) is 5.86. The van der Waals surface area contributed by atoms with E-state index in [1.165, 1.54) is 18.9 Å². The number of ether oxygens (including phenoxy) is 3. The molecule has 2 fully saturated rings. The Morgan fingerprint density at radius 1 is 1.21 bits per heavy atom. The summed E-state index contributed by atoms with van der Waals surface area (Å²) >= 11 is 3.25. The minimum atomic E-state index is -0.698. The van der Waals surface area contributed by atoms with E-state index in [1.807, 2.05) is 13.8 Å². The lowest BCUT2D eigenvalue weighted by molar-refractivity contribution is -0.160. The number of nitrogens with zero attached hydrogens (tertiary/aromatic N) is 3. The highest BCUT2D eigenvalue weighted by Gasteiger charge is 2.24. The number of benzene rings is 1. The number of hydrogen-bond acceptors (Lipinski definition) is 7. The van der Waals surface area contributed by atoms with Gasteiger partial charge in [-0.05, 0) is 74.0 Å². The predicted molar refractivity (Wildman–Crippen MR) is 147 cm³/mol. The summed E-state index contributed by atoms with van der Waals surface area (Å²) in [7, 11) is 0. The lowest BCUT2D eigenvalue weighted by Gasteiger charge is -2.24. The Hall–Kier alpha value is -2.52. The maximum atomic E-state index is 13.8. The molecule has 1 atom stereocenters. The van der Waals surface area contributed by atoms with Gasteiger partial charge in [-0.25, -0.2) is 8.78 Å². The first-order chi connectivity index (χ1) is 18.3. The summed E-state index contributed by atoms with van der Waals surface area (Å²) in [5, 5.41) is 0. The predicted octanol–water partition coefficient (Wildman–Crippen LogP) is 4.78. The summed E-state index contributed by atoms with van der Waals surface area (Å²) in [5.74, 6) is -0.685. The molecule has 8 nitrogen and oxygen atoms in total. The van der Waals surface area contributed by atoms with Gasteiger partial charge < -0.3 is 24.8 Å². The summed E-state index contributed by atoms with van der Waals surface area (Å²) < 4.78 is 44.8. The fraction of sp³-hybridized carbons (Fsp3) is 0.556. The number of anilines is 1. The van der Waals surface area contributed by atoms with Crippen molar-refractivity contribution in [1.82, 2.24) is 9.55 Å². The minimum absolute atomic E-state index is 0.0253. The molecule has 0 spiro atoms. The molecule has 210 valence electrons. The second-order valence-electron chi connectivity index (χ2n) is 8.97. The van der Waals surface area contributed by atoms with Crippen molar-refractivity contribution in [2.75, 3.05) is 37.7 Å². The number of halogens is 3. The van der Waals surface area contributed by atoms with Gasteiger partial charge >= 0.3 is 0 Å². The zero-order valence-corrected chi connectivity index (χ0v) is 23.6. The lowest BCUT2D eigenvalue weighted by atomic mass is 10.2. The molecule has 0 bridgehead atoms. The first kappa shape index (κ1) is 31.7. The van der Waals surface area contributed by atoms with E-state index in [2.05, 4.69) is 38.7 Å². The molecule has 1 aromatic heterocycles. The molecule has 0 radical (unpaired) electrons. The SMILES string of the molecule is C#C.CC(C)n1c(N2CCCC2)nc(OCc2ccc(F)cc2F)c(Br)c1=O.NCCOC1CCCCO1. The second kappa shape index (κ2) is 16.4. The highest BCUT2D eigenvalue weighted by Crippen LogP contribution is 2.27. The van der Waals surface area contributed by atoms with Crippen LogP contribution in [0.2, 0.25) is 0 Å². The van der Waals surface area contributed by atoms with Crippen molar-refractivity contribution in [2.24, 2.45) is 5.73 Å². The average molecular weight is 600 g/mol. The van der Waals surface area contributed by atoms with Crippen molar-refractivity contribution in [3.8, 4) is 18.7 Å². The van der Waals surface area contributed by atoms with Gasteiger partial charge in [0.2, 0.25) is 11.8 Å². The summed E-state index contributed by atoms with van der Waals surface area (Å²) in [4.78, 5) is 19.4. The van der Waals surface area contributed by atoms with E-state index in [-0.39, 0.29) is 40.4 Å². The van der Waals surface area contributed by atoms with E-state index in [9.17, 15) is 13.6 Å². The molecule has 3 heterocycles. The van der Waals surface area contributed by atoms with Crippen LogP contribution in [-0.2, 0) is 16.1 Å². The van der Waals surface area contributed by atoms with E-state index in [1.54, 1.807) is 4.57 Å². The Bertz CT molecular complexity index is 1080. The molecule has 11 heteroatoms. The minimum Gasteiger partial charge on any atom is -0.472 e. The Labute approximate surface area is 231 Å². The third kappa shape index (κ3) is 9.05. The maximum absolute atomic E-state index is 13.8. The normalized spacial score (nSPS) is 16.9. The zero-order chi connectivity index (χ0) is 28.1.